The SMILES string of the molecule is CC(C)(C)n1nc2cc1Nc1cc(=O)cc([nH]1)C(=O)NCCCNC(=O)O[C@@H]1CC[C@H]2C1. The smallest absolute Gasteiger partial charge is 0.407 e. The molecule has 0 aromatic carbocycles. The first kappa shape index (κ1) is 21.9. The van der Waals surface area contributed by atoms with Gasteiger partial charge in [0.15, 0.2) is 5.43 Å². The van der Waals surface area contributed by atoms with Crippen molar-refractivity contribution in [1.82, 2.24) is 25.4 Å². The molecule has 2 aromatic rings. The number of nitrogens with zero attached hydrogens (tertiary/aromatic N) is 2. The van der Waals surface area contributed by atoms with Crippen LogP contribution in [0.25, 0.3) is 0 Å². The van der Waals surface area contributed by atoms with E-state index in [0.717, 1.165) is 25.0 Å². The van der Waals surface area contributed by atoms with Crippen molar-refractivity contribution in [2.75, 3.05) is 18.4 Å². The minimum absolute atomic E-state index is 0.150. The van der Waals surface area contributed by atoms with Gasteiger partial charge in [-0.2, -0.15) is 5.10 Å². The lowest BCUT2D eigenvalue weighted by Crippen LogP contribution is -2.32. The number of carbonyl (C=O) groups excluding carboxylic acids is 2. The van der Waals surface area contributed by atoms with E-state index in [2.05, 4.69) is 20.9 Å². The summed E-state index contributed by atoms with van der Waals surface area (Å²) in [5.41, 5.74) is 0.472. The van der Waals surface area contributed by atoms with Gasteiger partial charge in [-0.15, -0.1) is 0 Å². The maximum atomic E-state index is 12.5. The molecule has 10 heteroatoms. The first-order chi connectivity index (χ1) is 15.2. The Morgan fingerprint density at radius 3 is 2.62 bits per heavy atom. The highest BCUT2D eigenvalue weighted by molar-refractivity contribution is 5.92. The summed E-state index contributed by atoms with van der Waals surface area (Å²) >= 11 is 0. The Bertz CT molecular complexity index is 1070. The van der Waals surface area contributed by atoms with E-state index in [-0.39, 0.29) is 28.7 Å². The fraction of sp³-hybridized carbons (Fsp3) is 0.545. The zero-order valence-electron chi connectivity index (χ0n) is 18.7. The largest absolute Gasteiger partial charge is 0.446 e. The van der Waals surface area contributed by atoms with Gasteiger partial charge in [0, 0.05) is 37.2 Å². The summed E-state index contributed by atoms with van der Waals surface area (Å²) in [6.45, 7) is 6.86. The molecule has 2 aromatic heterocycles. The second-order valence-electron chi connectivity index (χ2n) is 9.38. The molecule has 0 spiro atoms. The van der Waals surface area contributed by atoms with Crippen LogP contribution in [0.5, 0.6) is 0 Å². The number of amides is 2. The predicted octanol–water partition coefficient (Wildman–Crippen LogP) is 2.57. The van der Waals surface area contributed by atoms with E-state index in [4.69, 9.17) is 9.84 Å². The summed E-state index contributed by atoms with van der Waals surface area (Å²) in [4.78, 5) is 39.8. The number of hydrogen-bond donors (Lipinski definition) is 4. The van der Waals surface area contributed by atoms with Crippen LogP contribution in [0.3, 0.4) is 0 Å². The normalized spacial score (nSPS) is 22.1. The number of pyridine rings is 1. The highest BCUT2D eigenvalue weighted by Crippen LogP contribution is 2.37. The van der Waals surface area contributed by atoms with Crippen LogP contribution in [0.4, 0.5) is 16.4 Å². The molecular formula is C22H30N6O4. The molecule has 1 saturated carbocycles. The minimum Gasteiger partial charge on any atom is -0.446 e. The van der Waals surface area contributed by atoms with E-state index in [0.29, 0.717) is 31.1 Å². The van der Waals surface area contributed by atoms with E-state index in [1.165, 1.54) is 12.1 Å². The summed E-state index contributed by atoms with van der Waals surface area (Å²) in [7, 11) is 0. The zero-order valence-corrected chi connectivity index (χ0v) is 18.7. The molecule has 1 aliphatic carbocycles. The lowest BCUT2D eigenvalue weighted by molar-refractivity contribution is 0.0948. The summed E-state index contributed by atoms with van der Waals surface area (Å²) < 4.78 is 7.45. The summed E-state index contributed by atoms with van der Waals surface area (Å²) in [6.07, 6.45) is 2.33. The second kappa shape index (κ2) is 8.68. The third kappa shape index (κ3) is 4.95. The van der Waals surface area contributed by atoms with Gasteiger partial charge >= 0.3 is 6.09 Å². The van der Waals surface area contributed by atoms with Gasteiger partial charge in [-0.25, -0.2) is 9.48 Å². The lowest BCUT2D eigenvalue weighted by Gasteiger charge is -2.23. The van der Waals surface area contributed by atoms with Gasteiger partial charge in [-0.3, -0.25) is 9.59 Å². The number of fused-ring (bicyclic) bond motifs is 7. The Morgan fingerprint density at radius 2 is 1.84 bits per heavy atom. The molecule has 0 saturated heterocycles. The first-order valence-corrected chi connectivity index (χ1v) is 11.0. The molecule has 32 heavy (non-hydrogen) atoms. The van der Waals surface area contributed by atoms with Crippen LogP contribution in [0.15, 0.2) is 23.0 Å². The number of rotatable bonds is 0. The minimum atomic E-state index is -0.442. The van der Waals surface area contributed by atoms with E-state index in [9.17, 15) is 14.4 Å². The number of aromatic amines is 1. The number of anilines is 2. The van der Waals surface area contributed by atoms with Crippen molar-refractivity contribution in [3.63, 3.8) is 0 Å². The standard InChI is InChI=1S/C22H30N6O4/c1-22(2,3)28-19-12-16(27-28)13-5-6-15(9-13)32-21(31)24-8-4-7-23-20(30)17-10-14(29)11-18(25-17)26-19/h10-13,15H,4-9H2,1-3H3,(H,23,30)(H,24,31)(H2,25,26,29)/t13-,15+/m0/s1. The fourth-order valence-electron chi connectivity index (χ4n) is 4.16. The van der Waals surface area contributed by atoms with Crippen molar-refractivity contribution in [2.24, 2.45) is 0 Å². The molecule has 172 valence electrons. The van der Waals surface area contributed by atoms with Gasteiger partial charge in [0.1, 0.15) is 23.4 Å². The molecule has 4 N–H and O–H groups in total. The molecule has 6 bridgehead atoms. The summed E-state index contributed by atoms with van der Waals surface area (Å²) in [6, 6.07) is 4.65. The van der Waals surface area contributed by atoms with Gasteiger partial charge in [0.05, 0.1) is 11.2 Å². The number of hydrogen-bond acceptors (Lipinski definition) is 6. The van der Waals surface area contributed by atoms with Crippen LogP contribution >= 0.6 is 0 Å². The van der Waals surface area contributed by atoms with Crippen LogP contribution < -0.4 is 21.4 Å². The Hall–Kier alpha value is -3.30. The van der Waals surface area contributed by atoms with Crippen molar-refractivity contribution in [2.45, 2.75) is 64.0 Å². The van der Waals surface area contributed by atoms with Crippen molar-refractivity contribution in [3.05, 3.63) is 39.8 Å². The average molecular weight is 443 g/mol. The summed E-state index contributed by atoms with van der Waals surface area (Å²) in [5.74, 6) is 0.911. The number of aromatic nitrogens is 3. The maximum absolute atomic E-state index is 12.5. The monoisotopic (exact) mass is 442 g/mol. The molecular weight excluding hydrogens is 412 g/mol. The third-order valence-corrected chi connectivity index (χ3v) is 5.70. The Balaban J connectivity index is 1.70. The zero-order chi connectivity index (χ0) is 22.9. The quantitative estimate of drug-likeness (QED) is 0.496. The lowest BCUT2D eigenvalue weighted by atomic mass is 10.0. The van der Waals surface area contributed by atoms with Crippen molar-refractivity contribution in [3.8, 4) is 0 Å². The van der Waals surface area contributed by atoms with Crippen LogP contribution in [-0.4, -0.2) is 46.0 Å². The van der Waals surface area contributed by atoms with E-state index >= 15 is 0 Å². The highest BCUT2D eigenvalue weighted by atomic mass is 16.6. The fourth-order valence-corrected chi connectivity index (χ4v) is 4.16. The van der Waals surface area contributed by atoms with Crippen LogP contribution in [0.1, 0.15) is 68.6 Å². The molecule has 1 aliphatic heterocycles. The molecule has 0 radical (unpaired) electrons. The molecule has 4 rings (SSSR count). The Morgan fingerprint density at radius 1 is 1.06 bits per heavy atom. The van der Waals surface area contributed by atoms with E-state index in [1.807, 2.05) is 31.5 Å². The Labute approximate surface area is 186 Å². The molecule has 3 heterocycles. The highest BCUT2D eigenvalue weighted by Gasteiger charge is 2.32. The van der Waals surface area contributed by atoms with Gasteiger partial charge in [0.25, 0.3) is 5.91 Å². The number of ether oxygens (including phenoxy) is 1. The number of carbonyl (C=O) groups is 2. The predicted molar refractivity (Wildman–Crippen MR) is 119 cm³/mol. The molecule has 2 aliphatic rings. The van der Waals surface area contributed by atoms with Crippen LogP contribution in [0, 0.1) is 0 Å². The number of H-pyrrole nitrogens is 1. The van der Waals surface area contributed by atoms with Gasteiger partial charge < -0.3 is 25.7 Å². The molecule has 2 atom stereocenters. The van der Waals surface area contributed by atoms with Gasteiger partial charge in [-0.05, 0) is 46.5 Å². The molecule has 2 amide bonds. The molecule has 1 fully saturated rings. The Kier molecular flexibility index (Phi) is 5.94. The van der Waals surface area contributed by atoms with Gasteiger partial charge in [-0.1, -0.05) is 0 Å². The summed E-state index contributed by atoms with van der Waals surface area (Å²) in [5, 5.41) is 13.6. The van der Waals surface area contributed by atoms with Crippen molar-refractivity contribution < 1.29 is 14.3 Å². The first-order valence-electron chi connectivity index (χ1n) is 11.0. The van der Waals surface area contributed by atoms with Crippen LogP contribution in [-0.2, 0) is 10.3 Å². The van der Waals surface area contributed by atoms with E-state index < -0.39 is 12.0 Å². The van der Waals surface area contributed by atoms with Crippen molar-refractivity contribution in [1.29, 1.82) is 0 Å². The van der Waals surface area contributed by atoms with Crippen molar-refractivity contribution >= 4 is 23.6 Å². The molecule has 10 nitrogen and oxygen atoms in total. The number of alkyl carbamates (subject to hydrolysis) is 1. The van der Waals surface area contributed by atoms with Crippen LogP contribution in [0.2, 0.25) is 0 Å². The average Bonchev–Trinajstić information content (AvgIpc) is 3.33. The second-order valence-corrected chi connectivity index (χ2v) is 9.38. The maximum Gasteiger partial charge on any atom is 0.407 e. The van der Waals surface area contributed by atoms with E-state index in [1.54, 1.807) is 0 Å². The number of nitrogens with one attached hydrogen (secondary N) is 4. The topological polar surface area (TPSA) is 130 Å². The molecule has 0 unspecified atom stereocenters. The van der Waals surface area contributed by atoms with Gasteiger partial charge in [0.2, 0.25) is 0 Å². The third-order valence-electron chi connectivity index (χ3n) is 5.70.